The fourth-order valence-corrected chi connectivity index (χ4v) is 4.21. The van der Waals surface area contributed by atoms with E-state index in [1.165, 1.54) is 10.6 Å². The third-order valence-electron chi connectivity index (χ3n) is 5.53. The molecule has 5 nitrogen and oxygen atoms in total. The van der Waals surface area contributed by atoms with Gasteiger partial charge in [0.2, 0.25) is 0 Å². The maximum absolute atomic E-state index is 12.3. The second-order valence-electron chi connectivity index (χ2n) is 8.73. The van der Waals surface area contributed by atoms with Crippen LogP contribution < -0.4 is 9.47 Å². The van der Waals surface area contributed by atoms with E-state index in [-0.39, 0.29) is 11.1 Å². The second kappa shape index (κ2) is 7.57. The SMILES string of the molecule is COc1ccc(C(=O)Oc2ccc(C3CC(C)(C)N(O)C(C)(C)C3)cc2)cc1. The second-order valence-corrected chi connectivity index (χ2v) is 8.73. The predicted molar refractivity (Wildman–Crippen MR) is 108 cm³/mol. The van der Waals surface area contributed by atoms with Crippen molar-refractivity contribution in [2.45, 2.75) is 57.5 Å². The normalized spacial score (nSPS) is 19.2. The molecule has 0 aliphatic carbocycles. The lowest BCUT2D eigenvalue weighted by atomic mass is 9.73. The quantitative estimate of drug-likeness (QED) is 0.592. The standard InChI is InChI=1S/C23H29NO4/c1-22(2)14-18(15-23(3,4)24(22)26)16-6-12-20(13-7-16)28-21(25)17-8-10-19(27-5)11-9-17/h6-13,18,26H,14-15H2,1-5H3. The third-order valence-corrected chi connectivity index (χ3v) is 5.53. The van der Waals surface area contributed by atoms with Crippen LogP contribution in [0.4, 0.5) is 0 Å². The number of benzene rings is 2. The van der Waals surface area contributed by atoms with Crippen LogP contribution in [0.25, 0.3) is 0 Å². The zero-order valence-corrected chi connectivity index (χ0v) is 17.2. The van der Waals surface area contributed by atoms with E-state index in [4.69, 9.17) is 9.47 Å². The molecule has 28 heavy (non-hydrogen) atoms. The van der Waals surface area contributed by atoms with E-state index in [2.05, 4.69) is 27.7 Å². The fourth-order valence-electron chi connectivity index (χ4n) is 4.21. The van der Waals surface area contributed by atoms with Crippen molar-refractivity contribution < 1.29 is 19.5 Å². The number of carbonyl (C=O) groups excluding carboxylic acids is 1. The van der Waals surface area contributed by atoms with E-state index in [1.54, 1.807) is 31.4 Å². The van der Waals surface area contributed by atoms with Crippen molar-refractivity contribution in [1.29, 1.82) is 0 Å². The van der Waals surface area contributed by atoms with E-state index in [0.717, 1.165) is 12.8 Å². The van der Waals surface area contributed by atoms with Crippen LogP contribution in [-0.4, -0.2) is 34.4 Å². The third kappa shape index (κ3) is 4.21. The minimum absolute atomic E-state index is 0.300. The van der Waals surface area contributed by atoms with Crippen molar-refractivity contribution in [3.63, 3.8) is 0 Å². The van der Waals surface area contributed by atoms with Crippen LogP contribution in [0.5, 0.6) is 11.5 Å². The number of rotatable bonds is 4. The van der Waals surface area contributed by atoms with Crippen molar-refractivity contribution in [3.8, 4) is 11.5 Å². The summed E-state index contributed by atoms with van der Waals surface area (Å²) in [6, 6.07) is 14.5. The molecule has 0 bridgehead atoms. The molecule has 0 aromatic heterocycles. The number of hydrogen-bond donors (Lipinski definition) is 1. The van der Waals surface area contributed by atoms with Gasteiger partial charge in [0.15, 0.2) is 0 Å². The van der Waals surface area contributed by atoms with Gasteiger partial charge in [-0.25, -0.2) is 4.79 Å². The summed E-state index contributed by atoms with van der Waals surface area (Å²) in [5.41, 5.74) is 1.07. The zero-order valence-electron chi connectivity index (χ0n) is 17.2. The van der Waals surface area contributed by atoms with Gasteiger partial charge >= 0.3 is 5.97 Å². The lowest BCUT2D eigenvalue weighted by molar-refractivity contribution is -0.245. The first-order chi connectivity index (χ1) is 13.1. The van der Waals surface area contributed by atoms with Gasteiger partial charge in [0, 0.05) is 11.1 Å². The van der Waals surface area contributed by atoms with Crippen molar-refractivity contribution in [2.75, 3.05) is 7.11 Å². The lowest BCUT2D eigenvalue weighted by Crippen LogP contribution is -2.58. The van der Waals surface area contributed by atoms with Gasteiger partial charge in [-0.3, -0.25) is 0 Å². The van der Waals surface area contributed by atoms with E-state index < -0.39 is 5.97 Å². The van der Waals surface area contributed by atoms with Crippen molar-refractivity contribution in [3.05, 3.63) is 59.7 Å². The fraction of sp³-hybridized carbons (Fsp3) is 0.435. The highest BCUT2D eigenvalue weighted by atomic mass is 16.5. The number of hydroxylamine groups is 2. The van der Waals surface area contributed by atoms with Gasteiger partial charge < -0.3 is 14.7 Å². The number of hydrogen-bond acceptors (Lipinski definition) is 5. The highest BCUT2D eigenvalue weighted by molar-refractivity contribution is 5.91. The topological polar surface area (TPSA) is 59.0 Å². The monoisotopic (exact) mass is 383 g/mol. The molecule has 0 spiro atoms. The Kier molecular flexibility index (Phi) is 5.50. The van der Waals surface area contributed by atoms with Gasteiger partial charge in [0.05, 0.1) is 12.7 Å². The molecule has 3 rings (SSSR count). The first-order valence-electron chi connectivity index (χ1n) is 9.58. The molecule has 0 radical (unpaired) electrons. The van der Waals surface area contributed by atoms with Crippen LogP contribution in [0.2, 0.25) is 0 Å². The number of carbonyl (C=O) groups is 1. The molecule has 5 heteroatoms. The molecule has 1 saturated heterocycles. The number of piperidine rings is 1. The molecule has 2 aromatic carbocycles. The zero-order chi connectivity index (χ0) is 20.5. The first-order valence-corrected chi connectivity index (χ1v) is 9.58. The summed E-state index contributed by atoms with van der Waals surface area (Å²) < 4.78 is 10.6. The van der Waals surface area contributed by atoms with Gasteiger partial charge in [-0.05, 0) is 88.4 Å². The number of esters is 1. The van der Waals surface area contributed by atoms with E-state index >= 15 is 0 Å². The minimum Gasteiger partial charge on any atom is -0.497 e. The number of nitrogens with zero attached hydrogens (tertiary/aromatic N) is 1. The van der Waals surface area contributed by atoms with Crippen LogP contribution in [0, 0.1) is 0 Å². The molecular weight excluding hydrogens is 354 g/mol. The Hall–Kier alpha value is -2.37. The Morgan fingerprint density at radius 2 is 1.43 bits per heavy atom. The van der Waals surface area contributed by atoms with Crippen LogP contribution in [-0.2, 0) is 0 Å². The summed E-state index contributed by atoms with van der Waals surface area (Å²) in [4.78, 5) is 12.3. The first kappa shape index (κ1) is 20.4. The Labute approximate surface area is 166 Å². The summed E-state index contributed by atoms with van der Waals surface area (Å²) in [6.07, 6.45) is 1.72. The molecule has 150 valence electrons. The smallest absolute Gasteiger partial charge is 0.343 e. The molecule has 2 aromatic rings. The molecule has 1 aliphatic rings. The Morgan fingerprint density at radius 1 is 0.929 bits per heavy atom. The van der Waals surface area contributed by atoms with Crippen LogP contribution >= 0.6 is 0 Å². The van der Waals surface area contributed by atoms with E-state index in [9.17, 15) is 10.0 Å². The Bertz CT molecular complexity index is 807. The van der Waals surface area contributed by atoms with Crippen molar-refractivity contribution in [1.82, 2.24) is 5.06 Å². The molecule has 0 amide bonds. The summed E-state index contributed by atoms with van der Waals surface area (Å²) in [5.74, 6) is 1.15. The molecule has 0 atom stereocenters. The summed E-state index contributed by atoms with van der Waals surface area (Å²) in [7, 11) is 1.58. The molecular formula is C23H29NO4. The largest absolute Gasteiger partial charge is 0.497 e. The van der Waals surface area contributed by atoms with Crippen molar-refractivity contribution >= 4 is 5.97 Å². The predicted octanol–water partition coefficient (Wildman–Crippen LogP) is 5.04. The maximum Gasteiger partial charge on any atom is 0.343 e. The summed E-state index contributed by atoms with van der Waals surface area (Å²) in [5, 5.41) is 12.0. The van der Waals surface area contributed by atoms with Crippen LogP contribution in [0.3, 0.4) is 0 Å². The van der Waals surface area contributed by atoms with Crippen molar-refractivity contribution in [2.24, 2.45) is 0 Å². The highest BCUT2D eigenvalue weighted by Gasteiger charge is 2.45. The minimum atomic E-state index is -0.397. The van der Waals surface area contributed by atoms with E-state index in [1.807, 2.05) is 24.3 Å². The summed E-state index contributed by atoms with van der Waals surface area (Å²) in [6.45, 7) is 8.25. The van der Waals surface area contributed by atoms with Gasteiger partial charge in [0.25, 0.3) is 0 Å². The van der Waals surface area contributed by atoms with Gasteiger partial charge in [0.1, 0.15) is 11.5 Å². The van der Waals surface area contributed by atoms with Gasteiger partial charge in [-0.2, -0.15) is 5.06 Å². The van der Waals surface area contributed by atoms with Crippen LogP contribution in [0.15, 0.2) is 48.5 Å². The molecule has 1 N–H and O–H groups in total. The number of ether oxygens (including phenoxy) is 2. The highest BCUT2D eigenvalue weighted by Crippen LogP contribution is 2.44. The molecule has 0 unspecified atom stereocenters. The molecule has 1 heterocycles. The average molecular weight is 383 g/mol. The lowest BCUT2D eigenvalue weighted by Gasteiger charge is -2.51. The number of methoxy groups -OCH3 is 1. The van der Waals surface area contributed by atoms with Gasteiger partial charge in [-0.15, -0.1) is 0 Å². The Morgan fingerprint density at radius 3 is 1.93 bits per heavy atom. The van der Waals surface area contributed by atoms with Gasteiger partial charge in [-0.1, -0.05) is 12.1 Å². The van der Waals surface area contributed by atoms with Crippen LogP contribution in [0.1, 0.15) is 62.4 Å². The molecule has 0 saturated carbocycles. The molecule has 1 fully saturated rings. The average Bonchev–Trinajstić information content (AvgIpc) is 2.66. The Balaban J connectivity index is 1.70. The molecule has 1 aliphatic heterocycles. The summed E-state index contributed by atoms with van der Waals surface area (Å²) >= 11 is 0. The maximum atomic E-state index is 12.3. The van der Waals surface area contributed by atoms with E-state index in [0.29, 0.717) is 23.0 Å².